The molecule has 2 aromatic carbocycles. The standard InChI is InChI=1S/C25H26N6OS2/c1-5-21-28-29-25-31(21)30-23(34-25)19-10-6-16(4)20(14-19)26-24(33)27-22(32)13-9-17-7-11-18(12-8-17)15(2)3/h6-15H,5H2,1-4H3,(H2,26,27,32,33)/b13-9+. The van der Waals surface area contributed by atoms with Crippen LogP contribution in [0.25, 0.3) is 21.6 Å². The van der Waals surface area contributed by atoms with Gasteiger partial charge in [-0.05, 0) is 53.9 Å². The molecule has 4 rings (SSSR count). The van der Waals surface area contributed by atoms with Crippen molar-refractivity contribution < 1.29 is 4.79 Å². The molecule has 0 atom stereocenters. The molecule has 0 fully saturated rings. The van der Waals surface area contributed by atoms with Crippen molar-refractivity contribution in [3.05, 3.63) is 71.1 Å². The molecule has 0 radical (unpaired) electrons. The van der Waals surface area contributed by atoms with Crippen LogP contribution in [0.2, 0.25) is 0 Å². The summed E-state index contributed by atoms with van der Waals surface area (Å²) in [6, 6.07) is 14.1. The van der Waals surface area contributed by atoms with E-state index in [0.29, 0.717) is 5.92 Å². The monoisotopic (exact) mass is 490 g/mol. The van der Waals surface area contributed by atoms with Crippen molar-refractivity contribution in [1.82, 2.24) is 25.1 Å². The van der Waals surface area contributed by atoms with Crippen LogP contribution >= 0.6 is 23.6 Å². The molecule has 1 amide bonds. The Morgan fingerprint density at radius 2 is 1.94 bits per heavy atom. The Morgan fingerprint density at radius 1 is 1.18 bits per heavy atom. The summed E-state index contributed by atoms with van der Waals surface area (Å²) >= 11 is 6.84. The molecule has 2 heterocycles. The lowest BCUT2D eigenvalue weighted by Crippen LogP contribution is -2.33. The number of hydrogen-bond donors (Lipinski definition) is 2. The van der Waals surface area contributed by atoms with E-state index in [4.69, 9.17) is 12.2 Å². The Balaban J connectivity index is 1.42. The Hall–Kier alpha value is -3.43. The Labute approximate surface area is 207 Å². The third kappa shape index (κ3) is 5.37. The summed E-state index contributed by atoms with van der Waals surface area (Å²) in [7, 11) is 0. The minimum Gasteiger partial charge on any atom is -0.332 e. The van der Waals surface area contributed by atoms with Crippen LogP contribution in [-0.2, 0) is 11.2 Å². The maximum absolute atomic E-state index is 12.3. The quantitative estimate of drug-likeness (QED) is 0.279. The molecule has 2 N–H and O–H groups in total. The van der Waals surface area contributed by atoms with Gasteiger partial charge in [0.1, 0.15) is 5.01 Å². The Bertz CT molecular complexity index is 1370. The SMILES string of the molecule is CCc1nnc2sc(-c3ccc(C)c(NC(=S)NC(=O)/C=C/c4ccc(C(C)C)cc4)c3)nn12. The minimum absolute atomic E-state index is 0.233. The molecule has 4 aromatic rings. The number of thiocarbonyl (C=S) groups is 1. The van der Waals surface area contributed by atoms with Crippen molar-refractivity contribution >= 4 is 51.3 Å². The first-order chi connectivity index (χ1) is 16.3. The molecular formula is C25H26N6OS2. The van der Waals surface area contributed by atoms with Crippen molar-refractivity contribution in [2.45, 2.75) is 40.0 Å². The first-order valence-corrected chi connectivity index (χ1v) is 12.3. The van der Waals surface area contributed by atoms with Gasteiger partial charge in [0.15, 0.2) is 10.9 Å². The Morgan fingerprint density at radius 3 is 2.65 bits per heavy atom. The van der Waals surface area contributed by atoms with Gasteiger partial charge < -0.3 is 5.32 Å². The number of fused-ring (bicyclic) bond motifs is 1. The summed E-state index contributed by atoms with van der Waals surface area (Å²) in [4.78, 5) is 13.1. The molecule has 0 aliphatic rings. The third-order valence-electron chi connectivity index (χ3n) is 5.37. The first-order valence-electron chi connectivity index (χ1n) is 11.1. The normalized spacial score (nSPS) is 11.4. The fourth-order valence-corrected chi connectivity index (χ4v) is 4.42. The molecule has 0 unspecified atom stereocenters. The van der Waals surface area contributed by atoms with Crippen LogP contribution in [0.3, 0.4) is 0 Å². The second-order valence-electron chi connectivity index (χ2n) is 8.20. The predicted octanol–water partition coefficient (Wildman–Crippen LogP) is 5.37. The zero-order chi connectivity index (χ0) is 24.2. The van der Waals surface area contributed by atoms with Crippen molar-refractivity contribution in [3.63, 3.8) is 0 Å². The van der Waals surface area contributed by atoms with Gasteiger partial charge in [-0.1, -0.05) is 68.5 Å². The molecule has 9 heteroatoms. The molecule has 0 spiro atoms. The predicted molar refractivity (Wildman–Crippen MR) is 142 cm³/mol. The highest BCUT2D eigenvalue weighted by atomic mass is 32.1. The molecule has 2 aromatic heterocycles. The molecular weight excluding hydrogens is 464 g/mol. The van der Waals surface area contributed by atoms with Gasteiger partial charge in [0.05, 0.1) is 0 Å². The maximum atomic E-state index is 12.3. The number of benzene rings is 2. The summed E-state index contributed by atoms with van der Waals surface area (Å²) in [5.41, 5.74) is 4.96. The van der Waals surface area contributed by atoms with E-state index < -0.39 is 0 Å². The molecule has 0 bridgehead atoms. The highest BCUT2D eigenvalue weighted by Gasteiger charge is 2.13. The van der Waals surface area contributed by atoms with E-state index in [0.717, 1.165) is 44.6 Å². The van der Waals surface area contributed by atoms with Crippen LogP contribution in [0, 0.1) is 6.92 Å². The van der Waals surface area contributed by atoms with Gasteiger partial charge in [-0.25, -0.2) is 0 Å². The van der Waals surface area contributed by atoms with Crippen molar-refractivity contribution in [2.24, 2.45) is 0 Å². The lowest BCUT2D eigenvalue weighted by atomic mass is 10.0. The number of aryl methyl sites for hydroxylation is 2. The number of carbonyl (C=O) groups is 1. The van der Waals surface area contributed by atoms with Gasteiger partial charge in [0.2, 0.25) is 10.9 Å². The second-order valence-corrected chi connectivity index (χ2v) is 9.56. The van der Waals surface area contributed by atoms with E-state index >= 15 is 0 Å². The number of hydrogen-bond acceptors (Lipinski definition) is 6. The second kappa shape index (κ2) is 10.2. The fraction of sp³-hybridized carbons (Fsp3) is 0.240. The average Bonchev–Trinajstić information content (AvgIpc) is 3.40. The van der Waals surface area contributed by atoms with Crippen LogP contribution in [0.1, 0.15) is 49.2 Å². The summed E-state index contributed by atoms with van der Waals surface area (Å²) in [6.07, 6.45) is 4.01. The average molecular weight is 491 g/mol. The van der Waals surface area contributed by atoms with E-state index in [-0.39, 0.29) is 11.0 Å². The van der Waals surface area contributed by atoms with Crippen LogP contribution in [0.4, 0.5) is 5.69 Å². The van der Waals surface area contributed by atoms with Crippen LogP contribution in [0.15, 0.2) is 48.5 Å². The lowest BCUT2D eigenvalue weighted by Gasteiger charge is -2.12. The zero-order valence-corrected chi connectivity index (χ0v) is 21.1. The van der Waals surface area contributed by atoms with Crippen molar-refractivity contribution in [3.8, 4) is 10.6 Å². The number of nitrogens with zero attached hydrogens (tertiary/aromatic N) is 4. The fourth-order valence-electron chi connectivity index (χ4n) is 3.36. The van der Waals surface area contributed by atoms with Crippen molar-refractivity contribution in [1.29, 1.82) is 0 Å². The lowest BCUT2D eigenvalue weighted by molar-refractivity contribution is -0.115. The minimum atomic E-state index is -0.292. The summed E-state index contributed by atoms with van der Waals surface area (Å²) in [6.45, 7) is 8.30. The molecule has 0 saturated heterocycles. The molecule has 7 nitrogen and oxygen atoms in total. The first kappa shape index (κ1) is 23.7. The number of anilines is 1. The molecule has 34 heavy (non-hydrogen) atoms. The number of rotatable bonds is 6. The molecule has 174 valence electrons. The van der Waals surface area contributed by atoms with E-state index in [2.05, 4.69) is 51.9 Å². The van der Waals surface area contributed by atoms with E-state index in [1.165, 1.54) is 23.0 Å². The maximum Gasteiger partial charge on any atom is 0.250 e. The van der Waals surface area contributed by atoms with Gasteiger partial charge in [-0.15, -0.1) is 10.2 Å². The number of nitrogens with one attached hydrogen (secondary N) is 2. The summed E-state index contributed by atoms with van der Waals surface area (Å²) in [5.74, 6) is 1.01. The van der Waals surface area contributed by atoms with Crippen molar-refractivity contribution in [2.75, 3.05) is 5.32 Å². The number of aromatic nitrogens is 4. The highest BCUT2D eigenvalue weighted by Crippen LogP contribution is 2.29. The van der Waals surface area contributed by atoms with Crippen LogP contribution in [-0.4, -0.2) is 30.8 Å². The number of amides is 1. The topological polar surface area (TPSA) is 84.2 Å². The van der Waals surface area contributed by atoms with Gasteiger partial charge in [-0.2, -0.15) is 9.61 Å². The smallest absolute Gasteiger partial charge is 0.250 e. The number of carbonyl (C=O) groups excluding carboxylic acids is 1. The van der Waals surface area contributed by atoms with E-state index in [1.807, 2.05) is 44.2 Å². The summed E-state index contributed by atoms with van der Waals surface area (Å²) in [5, 5.41) is 19.9. The van der Waals surface area contributed by atoms with Crippen LogP contribution < -0.4 is 10.6 Å². The summed E-state index contributed by atoms with van der Waals surface area (Å²) < 4.78 is 1.78. The third-order valence-corrected chi connectivity index (χ3v) is 6.52. The van der Waals surface area contributed by atoms with Gasteiger partial charge in [-0.3, -0.25) is 10.1 Å². The van der Waals surface area contributed by atoms with E-state index in [1.54, 1.807) is 10.6 Å². The highest BCUT2D eigenvalue weighted by molar-refractivity contribution is 7.80. The van der Waals surface area contributed by atoms with Gasteiger partial charge in [0.25, 0.3) is 0 Å². The largest absolute Gasteiger partial charge is 0.332 e. The Kier molecular flexibility index (Phi) is 7.14. The molecule has 0 aliphatic heterocycles. The van der Waals surface area contributed by atoms with Gasteiger partial charge in [0, 0.05) is 23.7 Å². The van der Waals surface area contributed by atoms with E-state index in [9.17, 15) is 4.79 Å². The zero-order valence-electron chi connectivity index (χ0n) is 19.5. The molecule has 0 saturated carbocycles. The van der Waals surface area contributed by atoms with Crippen LogP contribution in [0.5, 0.6) is 0 Å². The van der Waals surface area contributed by atoms with Gasteiger partial charge >= 0.3 is 0 Å². The molecule has 0 aliphatic carbocycles.